The Balaban J connectivity index is 2.21. The van der Waals surface area contributed by atoms with Crippen molar-refractivity contribution in [3.8, 4) is 6.07 Å². The zero-order valence-electron chi connectivity index (χ0n) is 10.8. The van der Waals surface area contributed by atoms with Crippen molar-refractivity contribution in [2.24, 2.45) is 5.41 Å². The first-order chi connectivity index (χ1) is 9.11. The Morgan fingerprint density at radius 3 is 3.00 bits per heavy atom. The van der Waals surface area contributed by atoms with E-state index < -0.39 is 0 Å². The second kappa shape index (κ2) is 5.60. The number of nitrogens with zero attached hydrogens (tertiary/aromatic N) is 1. The van der Waals surface area contributed by atoms with Crippen molar-refractivity contribution in [2.75, 3.05) is 18.4 Å². The molecule has 2 rings (SSSR count). The number of nitrogens with one attached hydrogen (secondary N) is 2. The van der Waals surface area contributed by atoms with E-state index in [0.717, 1.165) is 19.4 Å². The number of amides is 1. The Labute approximate surface area is 117 Å². The van der Waals surface area contributed by atoms with Crippen LogP contribution in [0.2, 0.25) is 5.02 Å². The summed E-state index contributed by atoms with van der Waals surface area (Å²) >= 11 is 6.05. The average molecular weight is 278 g/mol. The molecule has 19 heavy (non-hydrogen) atoms. The van der Waals surface area contributed by atoms with Crippen LogP contribution in [0, 0.1) is 16.7 Å². The molecule has 1 aromatic rings. The van der Waals surface area contributed by atoms with Crippen LogP contribution in [0.1, 0.15) is 25.3 Å². The smallest absolute Gasteiger partial charge is 0.231 e. The van der Waals surface area contributed by atoms with Crippen LogP contribution in [0.25, 0.3) is 0 Å². The molecule has 1 aromatic carbocycles. The highest BCUT2D eigenvalue weighted by Crippen LogP contribution is 2.32. The highest BCUT2D eigenvalue weighted by molar-refractivity contribution is 6.33. The third kappa shape index (κ3) is 2.73. The van der Waals surface area contributed by atoms with Crippen molar-refractivity contribution >= 4 is 23.2 Å². The van der Waals surface area contributed by atoms with E-state index >= 15 is 0 Å². The molecule has 0 saturated carbocycles. The fourth-order valence-corrected chi connectivity index (χ4v) is 2.51. The van der Waals surface area contributed by atoms with Gasteiger partial charge in [-0.3, -0.25) is 4.79 Å². The maximum atomic E-state index is 12.4. The molecule has 1 aliphatic rings. The quantitative estimate of drug-likeness (QED) is 0.892. The molecule has 1 unspecified atom stereocenters. The molecule has 100 valence electrons. The SMILES string of the molecule is CCC1(C(=O)Nc2cc(C#N)ccc2Cl)CCNC1. The summed E-state index contributed by atoms with van der Waals surface area (Å²) in [6.07, 6.45) is 1.60. The van der Waals surface area contributed by atoms with Crippen LogP contribution < -0.4 is 10.6 Å². The summed E-state index contributed by atoms with van der Waals surface area (Å²) in [7, 11) is 0. The van der Waals surface area contributed by atoms with E-state index in [0.29, 0.717) is 22.8 Å². The number of benzene rings is 1. The number of halogens is 1. The van der Waals surface area contributed by atoms with E-state index in [4.69, 9.17) is 16.9 Å². The molecule has 1 saturated heterocycles. The third-order valence-corrected chi connectivity index (χ3v) is 4.08. The molecule has 0 spiro atoms. The molecule has 2 N–H and O–H groups in total. The van der Waals surface area contributed by atoms with Gasteiger partial charge in [0.1, 0.15) is 0 Å². The summed E-state index contributed by atoms with van der Waals surface area (Å²) in [5, 5.41) is 15.4. The van der Waals surface area contributed by atoms with Crippen LogP contribution in [0.5, 0.6) is 0 Å². The lowest BCUT2D eigenvalue weighted by Crippen LogP contribution is -2.37. The first-order valence-corrected chi connectivity index (χ1v) is 6.71. The van der Waals surface area contributed by atoms with Gasteiger partial charge in [0, 0.05) is 6.54 Å². The summed E-state index contributed by atoms with van der Waals surface area (Å²) in [4.78, 5) is 12.4. The third-order valence-electron chi connectivity index (χ3n) is 3.75. The average Bonchev–Trinajstić information content (AvgIpc) is 2.91. The molecule has 0 aromatic heterocycles. The lowest BCUT2D eigenvalue weighted by atomic mass is 9.83. The molecule has 1 aliphatic heterocycles. The minimum absolute atomic E-state index is 0.0306. The number of carbonyl (C=O) groups excluding carboxylic acids is 1. The molecule has 5 heteroatoms. The van der Waals surface area contributed by atoms with Crippen LogP contribution in [0.3, 0.4) is 0 Å². The Kier molecular flexibility index (Phi) is 4.08. The monoisotopic (exact) mass is 277 g/mol. The van der Waals surface area contributed by atoms with Crippen LogP contribution in [0.15, 0.2) is 18.2 Å². The number of hydrogen-bond donors (Lipinski definition) is 2. The van der Waals surface area contributed by atoms with Gasteiger partial charge in [-0.05, 0) is 37.6 Å². The fourth-order valence-electron chi connectivity index (χ4n) is 2.35. The maximum absolute atomic E-state index is 12.4. The van der Waals surface area contributed by atoms with Crippen LogP contribution in [0.4, 0.5) is 5.69 Å². The highest BCUT2D eigenvalue weighted by Gasteiger charge is 2.39. The van der Waals surface area contributed by atoms with Crippen molar-refractivity contribution in [1.29, 1.82) is 5.26 Å². The first-order valence-electron chi connectivity index (χ1n) is 6.33. The predicted octanol–water partition coefficient (Wildman–Crippen LogP) is 2.54. The summed E-state index contributed by atoms with van der Waals surface area (Å²) < 4.78 is 0. The Hall–Kier alpha value is -1.57. The zero-order valence-corrected chi connectivity index (χ0v) is 11.5. The second-order valence-corrected chi connectivity index (χ2v) is 5.23. The molecular formula is C14H16ClN3O. The molecule has 0 aliphatic carbocycles. The summed E-state index contributed by atoms with van der Waals surface area (Å²) in [5.74, 6) is -0.0306. The van der Waals surface area contributed by atoms with Gasteiger partial charge in [-0.2, -0.15) is 5.26 Å². The Bertz CT molecular complexity index is 530. The van der Waals surface area contributed by atoms with E-state index in [1.165, 1.54) is 0 Å². The van der Waals surface area contributed by atoms with Gasteiger partial charge >= 0.3 is 0 Å². The van der Waals surface area contributed by atoms with Gasteiger partial charge in [0.05, 0.1) is 27.8 Å². The molecule has 0 bridgehead atoms. The van der Waals surface area contributed by atoms with Crippen LogP contribution in [-0.4, -0.2) is 19.0 Å². The predicted molar refractivity (Wildman–Crippen MR) is 75.0 cm³/mol. The molecule has 1 atom stereocenters. The van der Waals surface area contributed by atoms with Crippen molar-refractivity contribution in [1.82, 2.24) is 5.32 Å². The number of rotatable bonds is 3. The zero-order chi connectivity index (χ0) is 13.9. The van der Waals surface area contributed by atoms with Crippen LogP contribution >= 0.6 is 11.6 Å². The van der Waals surface area contributed by atoms with E-state index in [9.17, 15) is 4.79 Å². The normalized spacial score (nSPS) is 21.9. The number of nitriles is 1. The van der Waals surface area contributed by atoms with Gasteiger partial charge in [0.15, 0.2) is 0 Å². The minimum Gasteiger partial charge on any atom is -0.324 e. The summed E-state index contributed by atoms with van der Waals surface area (Å²) in [5.41, 5.74) is 0.617. The van der Waals surface area contributed by atoms with E-state index in [2.05, 4.69) is 10.6 Å². The molecule has 1 heterocycles. The first kappa shape index (κ1) is 13.9. The van der Waals surface area contributed by atoms with E-state index in [-0.39, 0.29) is 11.3 Å². The molecule has 4 nitrogen and oxygen atoms in total. The maximum Gasteiger partial charge on any atom is 0.231 e. The largest absolute Gasteiger partial charge is 0.324 e. The lowest BCUT2D eigenvalue weighted by molar-refractivity contribution is -0.124. The standard InChI is InChI=1S/C14H16ClN3O/c1-2-14(5-6-17-9-14)13(19)18-12-7-10(8-16)3-4-11(12)15/h3-4,7,17H,2,5-6,9H2,1H3,(H,18,19). The van der Waals surface area contributed by atoms with Gasteiger partial charge in [0.2, 0.25) is 5.91 Å². The van der Waals surface area contributed by atoms with E-state index in [1.54, 1.807) is 18.2 Å². The van der Waals surface area contributed by atoms with Crippen LogP contribution in [-0.2, 0) is 4.79 Å². The second-order valence-electron chi connectivity index (χ2n) is 4.82. The highest BCUT2D eigenvalue weighted by atomic mass is 35.5. The van der Waals surface area contributed by atoms with E-state index in [1.807, 2.05) is 13.0 Å². The number of carbonyl (C=O) groups is 1. The number of hydrogen-bond acceptors (Lipinski definition) is 3. The fraction of sp³-hybridized carbons (Fsp3) is 0.429. The van der Waals surface area contributed by atoms with Crippen molar-refractivity contribution < 1.29 is 4.79 Å². The molecular weight excluding hydrogens is 262 g/mol. The van der Waals surface area contributed by atoms with Gasteiger partial charge in [-0.25, -0.2) is 0 Å². The Morgan fingerprint density at radius 2 is 2.42 bits per heavy atom. The minimum atomic E-state index is -0.369. The molecule has 1 fully saturated rings. The van der Waals surface area contributed by atoms with Crippen molar-refractivity contribution in [3.63, 3.8) is 0 Å². The van der Waals surface area contributed by atoms with Crippen molar-refractivity contribution in [3.05, 3.63) is 28.8 Å². The van der Waals surface area contributed by atoms with Gasteiger partial charge in [0.25, 0.3) is 0 Å². The summed E-state index contributed by atoms with van der Waals surface area (Å²) in [6.45, 7) is 3.55. The van der Waals surface area contributed by atoms with Gasteiger partial charge in [-0.1, -0.05) is 18.5 Å². The number of anilines is 1. The lowest BCUT2D eigenvalue weighted by Gasteiger charge is -2.25. The molecule has 0 radical (unpaired) electrons. The Morgan fingerprint density at radius 1 is 1.63 bits per heavy atom. The van der Waals surface area contributed by atoms with Gasteiger partial charge < -0.3 is 10.6 Å². The summed E-state index contributed by atoms with van der Waals surface area (Å²) in [6, 6.07) is 6.90. The van der Waals surface area contributed by atoms with Gasteiger partial charge in [-0.15, -0.1) is 0 Å². The van der Waals surface area contributed by atoms with Crippen molar-refractivity contribution in [2.45, 2.75) is 19.8 Å². The topological polar surface area (TPSA) is 64.9 Å². The molecule has 1 amide bonds.